The normalized spacial score (nSPS) is 15.3. The first kappa shape index (κ1) is 17.7. The molecule has 3 aromatic heterocycles. The van der Waals surface area contributed by atoms with Gasteiger partial charge in [0, 0.05) is 24.2 Å². The topological polar surface area (TPSA) is 62.9 Å². The second kappa shape index (κ2) is 7.23. The van der Waals surface area contributed by atoms with Crippen LogP contribution in [0.4, 0.5) is 11.4 Å². The van der Waals surface area contributed by atoms with E-state index in [1.807, 2.05) is 59.3 Å². The molecule has 0 fully saturated rings. The molecule has 0 aliphatic carbocycles. The van der Waals surface area contributed by atoms with E-state index in [0.29, 0.717) is 10.5 Å². The van der Waals surface area contributed by atoms with Crippen LogP contribution in [0.5, 0.6) is 0 Å². The van der Waals surface area contributed by atoms with E-state index in [1.165, 1.54) is 11.3 Å². The largest absolute Gasteiger partial charge is 0.309 e. The van der Waals surface area contributed by atoms with Gasteiger partial charge < -0.3 is 4.90 Å². The molecule has 142 valence electrons. The van der Waals surface area contributed by atoms with Gasteiger partial charge >= 0.3 is 0 Å². The Morgan fingerprint density at radius 1 is 1.03 bits per heavy atom. The number of hydrogen-bond donors (Lipinski definition) is 0. The van der Waals surface area contributed by atoms with E-state index in [0.717, 1.165) is 27.5 Å². The Morgan fingerprint density at radius 3 is 2.72 bits per heavy atom. The molecule has 0 radical (unpaired) electrons. The van der Waals surface area contributed by atoms with E-state index in [4.69, 9.17) is 10.1 Å². The summed E-state index contributed by atoms with van der Waals surface area (Å²) in [6.07, 6.45) is 3.41. The predicted molar refractivity (Wildman–Crippen MR) is 117 cm³/mol. The number of rotatable bonds is 3. The third-order valence-electron chi connectivity index (χ3n) is 4.56. The van der Waals surface area contributed by atoms with Crippen molar-refractivity contribution in [1.29, 1.82) is 0 Å². The molecule has 29 heavy (non-hydrogen) atoms. The fraction of sp³-hybridized carbons (Fsp3) is 0.0476. The number of nitrogens with zero attached hydrogens (tertiary/aromatic N) is 5. The maximum atomic E-state index is 12.9. The molecule has 6 nitrogen and oxygen atoms in total. The van der Waals surface area contributed by atoms with E-state index in [1.54, 1.807) is 40.4 Å². The molecular formula is C21H15N5OS2. The van der Waals surface area contributed by atoms with Crippen molar-refractivity contribution >= 4 is 45.7 Å². The summed E-state index contributed by atoms with van der Waals surface area (Å²) < 4.78 is 1.76. The summed E-state index contributed by atoms with van der Waals surface area (Å²) in [7, 11) is 1.77. The zero-order valence-corrected chi connectivity index (χ0v) is 17.0. The predicted octanol–water partition coefficient (Wildman–Crippen LogP) is 4.13. The summed E-state index contributed by atoms with van der Waals surface area (Å²) in [4.78, 5) is 25.1. The van der Waals surface area contributed by atoms with Gasteiger partial charge in [0.05, 0.1) is 28.1 Å². The maximum Gasteiger partial charge on any atom is 0.279 e. The summed E-state index contributed by atoms with van der Waals surface area (Å²) in [5.74, 6) is -0.130. The smallest absolute Gasteiger partial charge is 0.279 e. The molecule has 5 rings (SSSR count). The number of aromatic nitrogens is 2. The number of anilines is 1. The van der Waals surface area contributed by atoms with Crippen molar-refractivity contribution in [2.75, 3.05) is 11.9 Å². The average molecular weight is 418 g/mol. The zero-order chi connectivity index (χ0) is 19.8. The molecule has 0 N–H and O–H groups in total. The number of thiazole rings is 1. The van der Waals surface area contributed by atoms with Crippen molar-refractivity contribution in [3.63, 3.8) is 0 Å². The number of amides is 1. The van der Waals surface area contributed by atoms with Crippen LogP contribution in [0.25, 0.3) is 10.6 Å². The number of para-hydroxylation sites is 1. The highest BCUT2D eigenvalue weighted by molar-refractivity contribution is 7.14. The summed E-state index contributed by atoms with van der Waals surface area (Å²) in [5.41, 5.74) is 3.72. The molecule has 0 saturated carbocycles. The molecule has 8 heteroatoms. The van der Waals surface area contributed by atoms with Gasteiger partial charge in [0.15, 0.2) is 5.71 Å². The highest BCUT2D eigenvalue weighted by Gasteiger charge is 2.31. The number of fused-ring (bicyclic) bond motifs is 1. The van der Waals surface area contributed by atoms with Crippen LogP contribution < -0.4 is 9.70 Å². The molecule has 1 aromatic carbocycles. The summed E-state index contributed by atoms with van der Waals surface area (Å²) in [5, 5.41) is 8.82. The third kappa shape index (κ3) is 3.12. The lowest BCUT2D eigenvalue weighted by Crippen LogP contribution is -2.27. The van der Waals surface area contributed by atoms with Gasteiger partial charge in [0.2, 0.25) is 4.80 Å². The van der Waals surface area contributed by atoms with Crippen molar-refractivity contribution in [2.45, 2.75) is 0 Å². The highest BCUT2D eigenvalue weighted by atomic mass is 32.1. The third-order valence-corrected chi connectivity index (χ3v) is 6.27. The van der Waals surface area contributed by atoms with E-state index in [-0.39, 0.29) is 5.91 Å². The summed E-state index contributed by atoms with van der Waals surface area (Å²) >= 11 is 3.10. The lowest BCUT2D eigenvalue weighted by atomic mass is 10.1. The van der Waals surface area contributed by atoms with Crippen molar-refractivity contribution in [1.82, 2.24) is 9.66 Å². The summed E-state index contributed by atoms with van der Waals surface area (Å²) in [6, 6.07) is 15.4. The van der Waals surface area contributed by atoms with Crippen LogP contribution in [0.15, 0.2) is 81.8 Å². The Morgan fingerprint density at radius 2 is 1.93 bits per heavy atom. The molecule has 1 amide bonds. The number of thiophene rings is 1. The molecule has 4 heterocycles. The van der Waals surface area contributed by atoms with E-state index in [2.05, 4.69) is 4.98 Å². The van der Waals surface area contributed by atoms with Gasteiger partial charge in [0.25, 0.3) is 5.91 Å². The van der Waals surface area contributed by atoms with Gasteiger partial charge in [-0.2, -0.15) is 5.10 Å². The fourth-order valence-electron chi connectivity index (χ4n) is 3.15. The fourth-order valence-corrected chi connectivity index (χ4v) is 4.79. The SMILES string of the molecule is CN1C(=O)C(=Nn2c(-c3cccs3)csc2=Nc2cccnc2)c2ccccc21. The minimum Gasteiger partial charge on any atom is -0.309 e. The first-order valence-electron chi connectivity index (χ1n) is 8.88. The summed E-state index contributed by atoms with van der Waals surface area (Å²) in [6.45, 7) is 0. The van der Waals surface area contributed by atoms with Crippen LogP contribution in [-0.4, -0.2) is 28.3 Å². The number of carbonyl (C=O) groups excluding carboxylic acids is 1. The average Bonchev–Trinajstić information content (AvgIpc) is 3.46. The molecule has 1 aliphatic rings. The minimum atomic E-state index is -0.130. The Labute approximate surface area is 174 Å². The van der Waals surface area contributed by atoms with Crippen LogP contribution in [0.1, 0.15) is 5.56 Å². The van der Waals surface area contributed by atoms with E-state index in [9.17, 15) is 4.79 Å². The zero-order valence-electron chi connectivity index (χ0n) is 15.4. The molecule has 4 aromatic rings. The first-order valence-corrected chi connectivity index (χ1v) is 10.6. The maximum absolute atomic E-state index is 12.9. The number of pyridine rings is 1. The molecule has 0 spiro atoms. The van der Waals surface area contributed by atoms with Gasteiger partial charge in [-0.25, -0.2) is 9.67 Å². The van der Waals surface area contributed by atoms with E-state index < -0.39 is 0 Å². The lowest BCUT2D eigenvalue weighted by molar-refractivity contribution is -0.112. The molecule has 0 unspecified atom stereocenters. The number of hydrogen-bond acceptors (Lipinski definition) is 6. The first-order chi connectivity index (χ1) is 14.2. The van der Waals surface area contributed by atoms with Crippen LogP contribution in [-0.2, 0) is 4.79 Å². The highest BCUT2D eigenvalue weighted by Crippen LogP contribution is 2.29. The van der Waals surface area contributed by atoms with Crippen LogP contribution in [0.3, 0.4) is 0 Å². The van der Waals surface area contributed by atoms with Crippen molar-refractivity contribution < 1.29 is 4.79 Å². The standard InChI is InChI=1S/C21H15N5OS2/c1-25-16-8-3-2-7-15(16)19(20(25)27)24-26-17(18-9-5-11-28-18)13-29-21(26)23-14-6-4-10-22-12-14/h2-13H,1H3. The number of likely N-dealkylation sites (N-methyl/N-ethyl adjacent to an activating group) is 1. The quantitative estimate of drug-likeness (QED) is 0.503. The Kier molecular flexibility index (Phi) is 4.42. The second-order valence-corrected chi connectivity index (χ2v) is 8.13. The van der Waals surface area contributed by atoms with Crippen molar-refractivity contribution in [3.8, 4) is 10.6 Å². The molecule has 0 bridgehead atoms. The van der Waals surface area contributed by atoms with Gasteiger partial charge in [-0.15, -0.1) is 22.7 Å². The van der Waals surface area contributed by atoms with Gasteiger partial charge in [-0.3, -0.25) is 9.78 Å². The number of benzene rings is 1. The molecule has 0 saturated heterocycles. The molecule has 1 aliphatic heterocycles. The van der Waals surface area contributed by atoms with Crippen LogP contribution >= 0.6 is 22.7 Å². The van der Waals surface area contributed by atoms with Gasteiger partial charge in [-0.1, -0.05) is 24.3 Å². The van der Waals surface area contributed by atoms with Gasteiger partial charge in [-0.05, 0) is 29.6 Å². The van der Waals surface area contributed by atoms with E-state index >= 15 is 0 Å². The minimum absolute atomic E-state index is 0.130. The van der Waals surface area contributed by atoms with Crippen LogP contribution in [0.2, 0.25) is 0 Å². The molecule has 0 atom stereocenters. The van der Waals surface area contributed by atoms with Crippen molar-refractivity contribution in [3.05, 3.63) is 82.0 Å². The van der Waals surface area contributed by atoms with Crippen molar-refractivity contribution in [2.24, 2.45) is 10.1 Å². The van der Waals surface area contributed by atoms with Crippen LogP contribution in [0, 0.1) is 0 Å². The van der Waals surface area contributed by atoms with Gasteiger partial charge in [0.1, 0.15) is 0 Å². The molecular weight excluding hydrogens is 402 g/mol. The Hall–Kier alpha value is -3.36. The second-order valence-electron chi connectivity index (χ2n) is 6.35. The number of carbonyl (C=O) groups is 1. The monoisotopic (exact) mass is 417 g/mol. The Balaban J connectivity index is 1.74. The lowest BCUT2D eigenvalue weighted by Gasteiger charge is -2.07. The Bertz CT molecular complexity index is 1290.